The summed E-state index contributed by atoms with van der Waals surface area (Å²) in [6.07, 6.45) is 1.17. The third-order valence-electron chi connectivity index (χ3n) is 4.75. The Kier molecular flexibility index (Phi) is 4.73. The maximum Gasteiger partial charge on any atom is 0.267 e. The highest BCUT2D eigenvalue weighted by Crippen LogP contribution is 2.33. The Labute approximate surface area is 162 Å². The second-order valence-electron chi connectivity index (χ2n) is 7.02. The van der Waals surface area contributed by atoms with Crippen molar-refractivity contribution >= 4 is 29.1 Å². The summed E-state index contributed by atoms with van der Waals surface area (Å²) < 4.78 is 5.80. The van der Waals surface area contributed by atoms with Crippen LogP contribution in [0.25, 0.3) is 0 Å². The first-order valence-electron chi connectivity index (χ1n) is 9.27. The second kappa shape index (κ2) is 7.34. The van der Waals surface area contributed by atoms with Crippen molar-refractivity contribution in [1.82, 2.24) is 5.32 Å². The maximum absolute atomic E-state index is 12.7. The van der Waals surface area contributed by atoms with Crippen LogP contribution in [0.1, 0.15) is 30.1 Å². The maximum atomic E-state index is 12.7. The van der Waals surface area contributed by atoms with Crippen LogP contribution in [0.5, 0.6) is 5.75 Å². The van der Waals surface area contributed by atoms with Crippen molar-refractivity contribution in [3.05, 3.63) is 54.1 Å². The molecule has 0 spiro atoms. The van der Waals surface area contributed by atoms with E-state index in [9.17, 15) is 14.4 Å². The number of amides is 3. The smallest absolute Gasteiger partial charge is 0.267 e. The quantitative estimate of drug-likeness (QED) is 0.854. The van der Waals surface area contributed by atoms with Crippen molar-refractivity contribution in [1.29, 1.82) is 0 Å². The van der Waals surface area contributed by atoms with E-state index >= 15 is 0 Å². The number of hydrogen-bond donors (Lipinski definition) is 2. The van der Waals surface area contributed by atoms with Gasteiger partial charge in [0.2, 0.25) is 5.91 Å². The number of para-hydroxylation sites is 2. The van der Waals surface area contributed by atoms with Gasteiger partial charge in [-0.2, -0.15) is 0 Å². The van der Waals surface area contributed by atoms with Gasteiger partial charge in [-0.1, -0.05) is 18.2 Å². The lowest BCUT2D eigenvalue weighted by Crippen LogP contribution is -2.48. The summed E-state index contributed by atoms with van der Waals surface area (Å²) in [4.78, 5) is 38.5. The molecule has 7 nitrogen and oxygen atoms in total. The van der Waals surface area contributed by atoms with Crippen molar-refractivity contribution < 1.29 is 19.1 Å². The van der Waals surface area contributed by atoms with E-state index < -0.39 is 6.10 Å². The molecule has 1 aliphatic carbocycles. The number of rotatable bonds is 4. The van der Waals surface area contributed by atoms with Crippen LogP contribution < -0.4 is 20.3 Å². The van der Waals surface area contributed by atoms with Gasteiger partial charge in [-0.15, -0.1) is 0 Å². The van der Waals surface area contributed by atoms with E-state index in [0.717, 1.165) is 12.8 Å². The molecule has 1 fully saturated rings. The predicted octanol–water partition coefficient (Wildman–Crippen LogP) is 2.33. The topological polar surface area (TPSA) is 87.7 Å². The monoisotopic (exact) mass is 379 g/mol. The number of hydrogen-bond acceptors (Lipinski definition) is 4. The van der Waals surface area contributed by atoms with Crippen molar-refractivity contribution in [2.24, 2.45) is 0 Å². The normalized spacial score (nSPS) is 17.9. The fraction of sp³-hybridized carbons (Fsp3) is 0.286. The Morgan fingerprint density at radius 1 is 1.07 bits per heavy atom. The van der Waals surface area contributed by atoms with Crippen LogP contribution in [-0.4, -0.2) is 36.4 Å². The lowest BCUT2D eigenvalue weighted by molar-refractivity contribution is -0.123. The van der Waals surface area contributed by atoms with E-state index in [1.54, 1.807) is 42.5 Å². The van der Waals surface area contributed by atoms with Gasteiger partial charge >= 0.3 is 0 Å². The molecule has 1 aliphatic heterocycles. The number of ether oxygens (including phenoxy) is 1. The molecule has 2 aromatic carbocycles. The Hall–Kier alpha value is -3.35. The minimum Gasteiger partial charge on any atom is -0.476 e. The summed E-state index contributed by atoms with van der Waals surface area (Å²) in [7, 11) is 0. The van der Waals surface area contributed by atoms with Crippen molar-refractivity contribution in [2.45, 2.75) is 31.9 Å². The largest absolute Gasteiger partial charge is 0.476 e. The Morgan fingerprint density at radius 2 is 1.86 bits per heavy atom. The summed E-state index contributed by atoms with van der Waals surface area (Å²) in [5.74, 6) is -0.196. The summed E-state index contributed by atoms with van der Waals surface area (Å²) in [5.41, 5.74) is 1.65. The zero-order valence-electron chi connectivity index (χ0n) is 15.5. The molecular formula is C21H21N3O4. The van der Waals surface area contributed by atoms with Crippen LogP contribution in [0.15, 0.2) is 48.5 Å². The van der Waals surface area contributed by atoms with E-state index in [4.69, 9.17) is 4.74 Å². The SMILES string of the molecule is CC(=O)N1C[C@H](C(=O)Nc2cccc(C(=O)NC3CC3)c2)Oc2ccccc21. The molecule has 2 N–H and O–H groups in total. The first-order valence-corrected chi connectivity index (χ1v) is 9.27. The molecule has 4 rings (SSSR count). The Morgan fingerprint density at radius 3 is 2.61 bits per heavy atom. The van der Waals surface area contributed by atoms with Crippen molar-refractivity contribution in [3.8, 4) is 5.75 Å². The Bertz CT molecular complexity index is 939. The summed E-state index contributed by atoms with van der Waals surface area (Å²) in [5, 5.41) is 5.71. The van der Waals surface area contributed by atoms with E-state index in [1.807, 2.05) is 6.07 Å². The molecule has 144 valence electrons. The molecule has 1 heterocycles. The first kappa shape index (κ1) is 18.0. The molecular weight excluding hydrogens is 358 g/mol. The van der Waals surface area contributed by atoms with Gasteiger partial charge in [-0.3, -0.25) is 14.4 Å². The number of nitrogens with zero attached hydrogens (tertiary/aromatic N) is 1. The number of benzene rings is 2. The lowest BCUT2D eigenvalue weighted by Gasteiger charge is -2.33. The number of anilines is 2. The van der Waals surface area contributed by atoms with Crippen LogP contribution >= 0.6 is 0 Å². The number of carbonyl (C=O) groups excluding carboxylic acids is 3. The van der Waals surface area contributed by atoms with E-state index in [1.165, 1.54) is 11.8 Å². The molecule has 0 aromatic heterocycles. The van der Waals surface area contributed by atoms with Crippen LogP contribution in [0.3, 0.4) is 0 Å². The summed E-state index contributed by atoms with van der Waals surface area (Å²) in [6, 6.07) is 14.2. The predicted molar refractivity (Wildman–Crippen MR) is 104 cm³/mol. The fourth-order valence-electron chi connectivity index (χ4n) is 3.13. The van der Waals surface area contributed by atoms with Crippen molar-refractivity contribution in [3.63, 3.8) is 0 Å². The highest BCUT2D eigenvalue weighted by molar-refractivity contribution is 6.01. The van der Waals surface area contributed by atoms with Gasteiger partial charge in [-0.25, -0.2) is 0 Å². The van der Waals surface area contributed by atoms with Crippen LogP contribution in [0, 0.1) is 0 Å². The highest BCUT2D eigenvalue weighted by Gasteiger charge is 2.32. The van der Waals surface area contributed by atoms with Crippen LogP contribution in [-0.2, 0) is 9.59 Å². The number of nitrogens with one attached hydrogen (secondary N) is 2. The zero-order chi connectivity index (χ0) is 19.7. The molecule has 2 aliphatic rings. The van der Waals surface area contributed by atoms with Gasteiger partial charge in [0.15, 0.2) is 6.10 Å². The molecule has 28 heavy (non-hydrogen) atoms. The molecule has 0 radical (unpaired) electrons. The average molecular weight is 379 g/mol. The Balaban J connectivity index is 1.48. The molecule has 0 saturated heterocycles. The van der Waals surface area contributed by atoms with Crippen LogP contribution in [0.4, 0.5) is 11.4 Å². The zero-order valence-corrected chi connectivity index (χ0v) is 15.5. The van der Waals surface area contributed by atoms with Gasteiger partial charge < -0.3 is 20.3 Å². The van der Waals surface area contributed by atoms with Gasteiger partial charge in [0.1, 0.15) is 5.75 Å². The fourth-order valence-corrected chi connectivity index (χ4v) is 3.13. The summed E-state index contributed by atoms with van der Waals surface area (Å²) >= 11 is 0. The second-order valence-corrected chi connectivity index (χ2v) is 7.02. The molecule has 3 amide bonds. The average Bonchev–Trinajstić information content (AvgIpc) is 3.51. The number of carbonyl (C=O) groups is 3. The van der Waals surface area contributed by atoms with E-state index in [2.05, 4.69) is 10.6 Å². The van der Waals surface area contributed by atoms with Crippen molar-refractivity contribution in [2.75, 3.05) is 16.8 Å². The third kappa shape index (κ3) is 3.83. The van der Waals surface area contributed by atoms with E-state index in [-0.39, 0.29) is 30.3 Å². The summed E-state index contributed by atoms with van der Waals surface area (Å²) in [6.45, 7) is 1.58. The minimum absolute atomic E-state index is 0.125. The molecule has 0 bridgehead atoms. The highest BCUT2D eigenvalue weighted by atomic mass is 16.5. The van der Waals surface area contributed by atoms with Gasteiger partial charge in [0.05, 0.1) is 12.2 Å². The van der Waals surface area contributed by atoms with Gasteiger partial charge in [0, 0.05) is 24.2 Å². The molecule has 1 atom stereocenters. The first-order chi connectivity index (χ1) is 13.5. The van der Waals surface area contributed by atoms with Gasteiger partial charge in [0.25, 0.3) is 11.8 Å². The third-order valence-corrected chi connectivity index (χ3v) is 4.75. The number of fused-ring (bicyclic) bond motifs is 1. The molecule has 1 saturated carbocycles. The van der Waals surface area contributed by atoms with Gasteiger partial charge in [-0.05, 0) is 43.2 Å². The van der Waals surface area contributed by atoms with Crippen LogP contribution in [0.2, 0.25) is 0 Å². The van der Waals surface area contributed by atoms with E-state index in [0.29, 0.717) is 22.7 Å². The standard InChI is InChI=1S/C21H21N3O4/c1-13(25)24-12-19(28-18-8-3-2-7-17(18)24)21(27)23-16-6-4-5-14(11-16)20(26)22-15-9-10-15/h2-8,11,15,19H,9-10,12H2,1H3,(H,22,26)(H,23,27)/t19-/m1/s1. The molecule has 7 heteroatoms. The minimum atomic E-state index is -0.845. The molecule has 0 unspecified atom stereocenters. The lowest BCUT2D eigenvalue weighted by atomic mass is 10.1. The molecule has 2 aromatic rings.